The summed E-state index contributed by atoms with van der Waals surface area (Å²) in [5, 5.41) is 3.79. The van der Waals surface area contributed by atoms with Gasteiger partial charge in [0, 0.05) is 40.4 Å². The second kappa shape index (κ2) is 9.49. The van der Waals surface area contributed by atoms with Crippen LogP contribution < -0.4 is 14.8 Å². The molecule has 5 rings (SSSR count). The van der Waals surface area contributed by atoms with E-state index in [0.29, 0.717) is 23.4 Å². The van der Waals surface area contributed by atoms with Crippen molar-refractivity contribution in [1.82, 2.24) is 14.6 Å². The third kappa shape index (κ3) is 5.12. The maximum atomic E-state index is 12.7. The molecule has 0 aliphatic carbocycles. The molecule has 0 unspecified atom stereocenters. The van der Waals surface area contributed by atoms with Gasteiger partial charge < -0.3 is 15.0 Å². The van der Waals surface area contributed by atoms with Crippen LogP contribution in [0.15, 0.2) is 47.4 Å². The number of nitrogens with zero attached hydrogens (tertiary/aromatic N) is 1. The number of anilines is 1. The molecule has 1 aromatic heterocycles. The van der Waals surface area contributed by atoms with Crippen molar-refractivity contribution >= 4 is 44.2 Å². The van der Waals surface area contributed by atoms with Crippen molar-refractivity contribution in [2.24, 2.45) is 0 Å². The average molecular weight is 495 g/mol. The summed E-state index contributed by atoms with van der Waals surface area (Å²) >= 11 is 0. The Kier molecular flexibility index (Phi) is 6.39. The molecule has 1 saturated heterocycles. The monoisotopic (exact) mass is 494 g/mol. The number of carbonyl (C=O) groups is 1. The number of rotatable bonds is 8. The van der Waals surface area contributed by atoms with Gasteiger partial charge in [-0.3, -0.25) is 9.69 Å². The van der Waals surface area contributed by atoms with E-state index in [1.807, 2.05) is 24.3 Å². The Morgan fingerprint density at radius 3 is 2.69 bits per heavy atom. The van der Waals surface area contributed by atoms with Crippen molar-refractivity contribution in [2.75, 3.05) is 31.6 Å². The highest BCUT2D eigenvalue weighted by atomic mass is 32.2. The van der Waals surface area contributed by atoms with Crippen LogP contribution in [0.25, 0.3) is 22.6 Å². The predicted molar refractivity (Wildman–Crippen MR) is 138 cm³/mol. The van der Waals surface area contributed by atoms with E-state index >= 15 is 0 Å². The van der Waals surface area contributed by atoms with E-state index in [9.17, 15) is 13.2 Å². The Morgan fingerprint density at radius 1 is 1.11 bits per heavy atom. The molecule has 1 amide bonds. The smallest absolute Gasteiger partial charge is 0.256 e. The summed E-state index contributed by atoms with van der Waals surface area (Å²) in [5.74, 6) is 0.544. The summed E-state index contributed by atoms with van der Waals surface area (Å²) in [4.78, 5) is 18.6. The fourth-order valence-corrected chi connectivity index (χ4v) is 5.89. The third-order valence-electron chi connectivity index (χ3n) is 6.26. The highest BCUT2D eigenvalue weighted by Gasteiger charge is 2.27. The molecule has 0 radical (unpaired) electrons. The van der Waals surface area contributed by atoms with Crippen LogP contribution in [0.2, 0.25) is 0 Å². The van der Waals surface area contributed by atoms with E-state index in [0.717, 1.165) is 42.0 Å². The molecule has 3 heterocycles. The number of likely N-dealkylation sites (tertiary alicyclic amines) is 1. The molecule has 0 bridgehead atoms. The summed E-state index contributed by atoms with van der Waals surface area (Å²) in [7, 11) is -3.67. The summed E-state index contributed by atoms with van der Waals surface area (Å²) in [6.07, 6.45) is 4.28. The third-order valence-corrected chi connectivity index (χ3v) is 7.92. The van der Waals surface area contributed by atoms with Crippen LogP contribution in [0.3, 0.4) is 0 Å². The lowest BCUT2D eigenvalue weighted by molar-refractivity contribution is -0.110. The second-order valence-electron chi connectivity index (χ2n) is 9.37. The van der Waals surface area contributed by atoms with Gasteiger partial charge in [0.1, 0.15) is 12.4 Å². The predicted octanol–water partition coefficient (Wildman–Crippen LogP) is 3.82. The Morgan fingerprint density at radius 2 is 1.91 bits per heavy atom. The number of aromatic amines is 1. The van der Waals surface area contributed by atoms with E-state index in [1.54, 1.807) is 32.1 Å². The van der Waals surface area contributed by atoms with Crippen LogP contribution in [-0.4, -0.2) is 56.5 Å². The number of sulfonamides is 1. The summed E-state index contributed by atoms with van der Waals surface area (Å²) in [6.45, 7) is 7.41. The maximum absolute atomic E-state index is 12.7. The second-order valence-corrected chi connectivity index (χ2v) is 11.1. The zero-order chi connectivity index (χ0) is 24.6. The minimum absolute atomic E-state index is 0.125. The molecule has 0 spiro atoms. The number of hydrogen-bond donors (Lipinski definition) is 3. The lowest BCUT2D eigenvalue weighted by Gasteiger charge is -2.14. The van der Waals surface area contributed by atoms with Crippen molar-refractivity contribution in [3.63, 3.8) is 0 Å². The van der Waals surface area contributed by atoms with Gasteiger partial charge >= 0.3 is 0 Å². The van der Waals surface area contributed by atoms with Gasteiger partial charge in [0.25, 0.3) is 5.91 Å². The molecule has 1 fully saturated rings. The van der Waals surface area contributed by atoms with E-state index < -0.39 is 10.0 Å². The zero-order valence-corrected chi connectivity index (χ0v) is 20.7. The van der Waals surface area contributed by atoms with Gasteiger partial charge in [-0.1, -0.05) is 0 Å². The Hall–Kier alpha value is -3.14. The van der Waals surface area contributed by atoms with Crippen molar-refractivity contribution in [1.29, 1.82) is 0 Å². The van der Waals surface area contributed by atoms with Crippen molar-refractivity contribution in [2.45, 2.75) is 37.6 Å². The number of H-pyrrole nitrogens is 1. The van der Waals surface area contributed by atoms with Crippen LogP contribution in [0, 0.1) is 0 Å². The number of nitrogens with one attached hydrogen (secondary N) is 3. The minimum atomic E-state index is -3.67. The normalized spacial score (nSPS) is 17.5. The van der Waals surface area contributed by atoms with Gasteiger partial charge in [0.2, 0.25) is 10.0 Å². The number of aromatic nitrogens is 1. The van der Waals surface area contributed by atoms with E-state index in [2.05, 4.69) is 19.9 Å². The van der Waals surface area contributed by atoms with Crippen molar-refractivity contribution in [3.8, 4) is 5.75 Å². The van der Waals surface area contributed by atoms with E-state index in [4.69, 9.17) is 4.74 Å². The number of fused-ring (bicyclic) bond motifs is 2. The van der Waals surface area contributed by atoms with Crippen LogP contribution in [0.5, 0.6) is 5.75 Å². The molecule has 3 N–H and O–H groups in total. The zero-order valence-electron chi connectivity index (χ0n) is 19.9. The maximum Gasteiger partial charge on any atom is 0.256 e. The Balaban J connectivity index is 1.38. The van der Waals surface area contributed by atoms with Gasteiger partial charge in [-0.2, -0.15) is 0 Å². The van der Waals surface area contributed by atoms with Gasteiger partial charge in [0.05, 0.1) is 10.5 Å². The lowest BCUT2D eigenvalue weighted by atomic mass is 10.1. The molecule has 9 heteroatoms. The number of carbonyl (C=O) groups excluding carboxylic acids is 1. The Bertz CT molecular complexity index is 1400. The molecule has 35 heavy (non-hydrogen) atoms. The van der Waals surface area contributed by atoms with Gasteiger partial charge in [-0.05, 0) is 88.3 Å². The lowest BCUT2D eigenvalue weighted by Crippen LogP contribution is -2.30. The first-order valence-corrected chi connectivity index (χ1v) is 13.4. The van der Waals surface area contributed by atoms with E-state index in [-0.39, 0.29) is 16.8 Å². The first-order chi connectivity index (χ1) is 16.8. The standard InChI is InChI=1S/C26H30N4O4S/c1-17(2)29-35(32,33)21-6-8-25-22(16-21)23(26(31)28-25)15-19-13-18-14-20(5-7-24(18)27-19)34-12-11-30-9-3-4-10-30/h5-8,13-17,27,29H,3-4,9-12H2,1-2H3,(H,28,31). The van der Waals surface area contributed by atoms with Gasteiger partial charge in [-0.15, -0.1) is 0 Å². The molecule has 3 aromatic rings. The van der Waals surface area contributed by atoms with Crippen LogP contribution in [0.4, 0.5) is 5.69 Å². The summed E-state index contributed by atoms with van der Waals surface area (Å²) in [5.41, 5.74) is 3.25. The number of hydrogen-bond acceptors (Lipinski definition) is 5. The summed E-state index contributed by atoms with van der Waals surface area (Å²) in [6, 6.07) is 12.3. The van der Waals surface area contributed by atoms with E-state index in [1.165, 1.54) is 18.9 Å². The molecule has 2 aliphatic heterocycles. The van der Waals surface area contributed by atoms with Gasteiger partial charge in [0.15, 0.2) is 0 Å². The highest BCUT2D eigenvalue weighted by Crippen LogP contribution is 2.35. The van der Waals surface area contributed by atoms with Crippen LogP contribution in [0.1, 0.15) is 37.9 Å². The Labute approximate surface area is 205 Å². The fraction of sp³-hybridized carbons (Fsp3) is 0.346. The number of amides is 1. The first kappa shape index (κ1) is 23.6. The average Bonchev–Trinajstić information content (AvgIpc) is 3.52. The van der Waals surface area contributed by atoms with Crippen LogP contribution >= 0.6 is 0 Å². The first-order valence-electron chi connectivity index (χ1n) is 12.0. The number of ether oxygens (including phenoxy) is 1. The largest absolute Gasteiger partial charge is 0.492 e. The quantitative estimate of drug-likeness (QED) is 0.413. The van der Waals surface area contributed by atoms with Crippen molar-refractivity contribution < 1.29 is 17.9 Å². The highest BCUT2D eigenvalue weighted by molar-refractivity contribution is 7.89. The van der Waals surface area contributed by atoms with Crippen LogP contribution in [-0.2, 0) is 14.8 Å². The van der Waals surface area contributed by atoms with Gasteiger partial charge in [-0.25, -0.2) is 13.1 Å². The summed E-state index contributed by atoms with van der Waals surface area (Å²) < 4.78 is 33.8. The molecule has 2 aliphatic rings. The van der Waals surface area contributed by atoms with Crippen molar-refractivity contribution in [3.05, 3.63) is 53.7 Å². The fourth-order valence-electron chi connectivity index (χ4n) is 4.61. The topological polar surface area (TPSA) is 104 Å². The molecule has 184 valence electrons. The molecular formula is C26H30N4O4S. The SMILES string of the molecule is CC(C)NS(=O)(=O)c1ccc2c(c1)C(=Cc1cc3cc(OCCN4CCCC4)ccc3[nH]1)C(=O)N2. The minimum Gasteiger partial charge on any atom is -0.492 e. The molecule has 2 aromatic carbocycles. The number of benzene rings is 2. The molecule has 0 atom stereocenters. The molecule has 8 nitrogen and oxygen atoms in total. The molecule has 0 saturated carbocycles. The molecular weight excluding hydrogens is 464 g/mol.